The Labute approximate surface area is 305 Å². The van der Waals surface area contributed by atoms with Crippen LogP contribution in [0.25, 0.3) is 11.1 Å². The van der Waals surface area contributed by atoms with Crippen LogP contribution in [-0.4, -0.2) is 79.6 Å². The SMILES string of the molecule is CC(=O)OCCCS(=O)(=O)NC(=O)c1ccc(-c2ccc(OCC(NC[C@H](O)c3cccnc3)C(=O)OC(C)(C)C)cc2)cc1OC1CCCCC1. The number of ether oxygens (including phenoxy) is 4. The molecule has 3 aromatic rings. The molecule has 1 heterocycles. The Balaban J connectivity index is 1.46. The third-order valence-electron chi connectivity index (χ3n) is 8.11. The highest BCUT2D eigenvalue weighted by Crippen LogP contribution is 2.32. The molecule has 1 amide bonds. The minimum atomic E-state index is -4.00. The number of esters is 2. The van der Waals surface area contributed by atoms with E-state index in [0.29, 0.717) is 11.3 Å². The Hall–Kier alpha value is -4.53. The van der Waals surface area contributed by atoms with Crippen molar-refractivity contribution >= 4 is 27.9 Å². The van der Waals surface area contributed by atoms with E-state index in [1.54, 1.807) is 75.6 Å². The van der Waals surface area contributed by atoms with E-state index < -0.39 is 45.6 Å². The first-order valence-corrected chi connectivity index (χ1v) is 19.1. The van der Waals surface area contributed by atoms with Gasteiger partial charge in [0.15, 0.2) is 0 Å². The molecule has 0 spiro atoms. The van der Waals surface area contributed by atoms with Crippen molar-refractivity contribution < 1.29 is 46.9 Å². The third-order valence-corrected chi connectivity index (χ3v) is 9.43. The number of hydrogen-bond acceptors (Lipinski definition) is 12. The molecule has 282 valence electrons. The summed E-state index contributed by atoms with van der Waals surface area (Å²) in [5, 5.41) is 13.7. The van der Waals surface area contributed by atoms with Gasteiger partial charge >= 0.3 is 11.9 Å². The van der Waals surface area contributed by atoms with E-state index in [9.17, 15) is 27.9 Å². The number of nitrogens with zero attached hydrogens (tertiary/aromatic N) is 1. The van der Waals surface area contributed by atoms with Gasteiger partial charge in [0.25, 0.3) is 5.91 Å². The van der Waals surface area contributed by atoms with Crippen molar-refractivity contribution in [2.45, 2.75) is 90.1 Å². The van der Waals surface area contributed by atoms with Crippen molar-refractivity contribution in [1.29, 1.82) is 0 Å². The molecule has 0 aliphatic heterocycles. The number of hydrogen-bond donors (Lipinski definition) is 3. The number of benzene rings is 2. The van der Waals surface area contributed by atoms with Crippen LogP contribution in [-0.2, 0) is 29.1 Å². The number of aromatic nitrogens is 1. The minimum Gasteiger partial charge on any atom is -0.491 e. The summed E-state index contributed by atoms with van der Waals surface area (Å²) in [7, 11) is -4.00. The van der Waals surface area contributed by atoms with Gasteiger partial charge in [-0.15, -0.1) is 0 Å². The number of amides is 1. The van der Waals surface area contributed by atoms with Crippen LogP contribution in [0.5, 0.6) is 11.5 Å². The van der Waals surface area contributed by atoms with Crippen LogP contribution < -0.4 is 19.5 Å². The van der Waals surface area contributed by atoms with Crippen LogP contribution in [0.2, 0.25) is 0 Å². The maximum absolute atomic E-state index is 13.2. The Bertz CT molecular complexity index is 1740. The first kappa shape index (κ1) is 40.2. The molecule has 2 atom stereocenters. The zero-order valence-corrected chi connectivity index (χ0v) is 30.9. The van der Waals surface area contributed by atoms with Crippen LogP contribution in [0, 0.1) is 0 Å². The topological polar surface area (TPSA) is 179 Å². The molecular formula is C38H49N3O10S. The number of aliphatic hydroxyl groups excluding tert-OH is 1. The monoisotopic (exact) mass is 739 g/mol. The summed E-state index contributed by atoms with van der Waals surface area (Å²) in [6.07, 6.45) is 6.96. The van der Waals surface area contributed by atoms with E-state index in [4.69, 9.17) is 18.9 Å². The Morgan fingerprint density at radius 3 is 2.37 bits per heavy atom. The fourth-order valence-electron chi connectivity index (χ4n) is 5.51. The number of aliphatic hydroxyl groups is 1. The highest BCUT2D eigenvalue weighted by molar-refractivity contribution is 7.90. The van der Waals surface area contributed by atoms with E-state index in [2.05, 4.69) is 15.0 Å². The quantitative estimate of drug-likeness (QED) is 0.126. The lowest BCUT2D eigenvalue weighted by Crippen LogP contribution is -2.46. The molecule has 13 nitrogen and oxygen atoms in total. The standard InChI is InChI=1S/C38H49N3O10S/c1-26(42)48-20-9-21-52(46,47)41-36(44)32-18-15-28(22-35(32)50-31-11-6-5-7-12-31)27-13-16-30(17-14-27)49-25-33(37(45)51-38(2,3)4)40-24-34(43)29-10-8-19-39-23-29/h8,10,13-19,22-23,31,33-34,40,43H,5-7,9,11-12,20-21,24-25H2,1-4H3,(H,41,44)/t33?,34-/m0/s1. The molecule has 4 rings (SSSR count). The molecule has 1 aliphatic carbocycles. The summed E-state index contributed by atoms with van der Waals surface area (Å²) in [6, 6.07) is 14.7. The molecule has 0 bridgehead atoms. The summed E-state index contributed by atoms with van der Waals surface area (Å²) in [4.78, 5) is 41.3. The van der Waals surface area contributed by atoms with Crippen LogP contribution in [0.3, 0.4) is 0 Å². The second kappa shape index (κ2) is 18.8. The summed E-state index contributed by atoms with van der Waals surface area (Å²) in [5.74, 6) is -1.47. The summed E-state index contributed by atoms with van der Waals surface area (Å²) >= 11 is 0. The number of nitrogens with one attached hydrogen (secondary N) is 2. The lowest BCUT2D eigenvalue weighted by atomic mass is 9.97. The first-order valence-electron chi connectivity index (χ1n) is 17.5. The summed E-state index contributed by atoms with van der Waals surface area (Å²) < 4.78 is 50.1. The normalized spacial score (nSPS) is 14.9. The highest BCUT2D eigenvalue weighted by Gasteiger charge is 2.27. The van der Waals surface area contributed by atoms with Gasteiger partial charge in [-0.3, -0.25) is 24.7 Å². The van der Waals surface area contributed by atoms with Gasteiger partial charge in [0.05, 0.1) is 30.1 Å². The lowest BCUT2D eigenvalue weighted by Gasteiger charge is -2.25. The van der Waals surface area contributed by atoms with Crippen LogP contribution in [0.4, 0.5) is 0 Å². The summed E-state index contributed by atoms with van der Waals surface area (Å²) in [5.41, 5.74) is 1.49. The smallest absolute Gasteiger partial charge is 0.327 e. The third kappa shape index (κ3) is 13.2. The van der Waals surface area contributed by atoms with Gasteiger partial charge in [0, 0.05) is 31.4 Å². The Kier molecular flexibility index (Phi) is 14.6. The van der Waals surface area contributed by atoms with Crippen molar-refractivity contribution in [3.05, 3.63) is 78.1 Å². The largest absolute Gasteiger partial charge is 0.491 e. The molecule has 3 N–H and O–H groups in total. The fraction of sp³-hybridized carbons (Fsp3) is 0.474. The van der Waals surface area contributed by atoms with E-state index in [-0.39, 0.29) is 49.3 Å². The fourth-order valence-corrected chi connectivity index (χ4v) is 6.51. The van der Waals surface area contributed by atoms with Crippen molar-refractivity contribution in [2.24, 2.45) is 0 Å². The van der Waals surface area contributed by atoms with Gasteiger partial charge in [-0.05, 0) is 94.3 Å². The van der Waals surface area contributed by atoms with Gasteiger partial charge in [-0.25, -0.2) is 13.1 Å². The van der Waals surface area contributed by atoms with Crippen LogP contribution in [0.1, 0.15) is 88.2 Å². The second-order valence-electron chi connectivity index (χ2n) is 13.7. The van der Waals surface area contributed by atoms with E-state index >= 15 is 0 Å². The first-order chi connectivity index (χ1) is 24.7. The average Bonchev–Trinajstić information content (AvgIpc) is 3.10. The van der Waals surface area contributed by atoms with Crippen LogP contribution >= 0.6 is 0 Å². The second-order valence-corrected chi connectivity index (χ2v) is 15.5. The predicted octanol–water partition coefficient (Wildman–Crippen LogP) is 4.89. The van der Waals surface area contributed by atoms with Crippen molar-refractivity contribution in [1.82, 2.24) is 15.0 Å². The summed E-state index contributed by atoms with van der Waals surface area (Å²) in [6.45, 7) is 6.48. The molecule has 0 radical (unpaired) electrons. The van der Waals surface area contributed by atoms with E-state index in [1.165, 1.54) is 6.92 Å². The maximum atomic E-state index is 13.2. The Morgan fingerprint density at radius 2 is 1.71 bits per heavy atom. The molecule has 0 saturated heterocycles. The number of rotatable bonds is 17. The molecule has 14 heteroatoms. The van der Waals surface area contributed by atoms with Crippen LogP contribution in [0.15, 0.2) is 67.0 Å². The van der Waals surface area contributed by atoms with Gasteiger partial charge in [0.1, 0.15) is 29.7 Å². The molecule has 1 fully saturated rings. The van der Waals surface area contributed by atoms with Crippen molar-refractivity contribution in [3.63, 3.8) is 0 Å². The predicted molar refractivity (Wildman–Crippen MR) is 194 cm³/mol. The van der Waals surface area contributed by atoms with E-state index in [1.807, 2.05) is 12.1 Å². The number of pyridine rings is 1. The molecular weight excluding hydrogens is 690 g/mol. The van der Waals surface area contributed by atoms with Gasteiger partial charge < -0.3 is 24.1 Å². The van der Waals surface area contributed by atoms with Gasteiger partial charge in [0.2, 0.25) is 10.0 Å². The molecule has 1 aromatic heterocycles. The molecule has 52 heavy (non-hydrogen) atoms. The van der Waals surface area contributed by atoms with E-state index in [0.717, 1.165) is 43.2 Å². The molecule has 1 unspecified atom stereocenters. The Morgan fingerprint density at radius 1 is 1.00 bits per heavy atom. The average molecular weight is 740 g/mol. The number of carbonyl (C=O) groups is 3. The molecule has 1 aliphatic rings. The van der Waals surface area contributed by atoms with Crippen molar-refractivity contribution in [3.8, 4) is 22.6 Å². The van der Waals surface area contributed by atoms with Crippen molar-refractivity contribution in [2.75, 3.05) is 25.5 Å². The molecule has 2 aromatic carbocycles. The lowest BCUT2D eigenvalue weighted by molar-refractivity contribution is -0.158. The number of carbonyl (C=O) groups excluding carboxylic acids is 3. The minimum absolute atomic E-state index is 0.0414. The van der Waals surface area contributed by atoms with Gasteiger partial charge in [-0.2, -0.15) is 0 Å². The number of sulfonamides is 1. The van der Waals surface area contributed by atoms with Gasteiger partial charge in [-0.1, -0.05) is 30.7 Å². The molecule has 1 saturated carbocycles. The zero-order valence-electron chi connectivity index (χ0n) is 30.1. The zero-order chi connectivity index (χ0) is 37.7. The maximum Gasteiger partial charge on any atom is 0.327 e. The highest BCUT2D eigenvalue weighted by atomic mass is 32.2.